The third-order valence-electron chi connectivity index (χ3n) is 4.15. The Hall–Kier alpha value is -0.160. The molecule has 4 nitrogen and oxygen atoms in total. The van der Waals surface area contributed by atoms with E-state index >= 15 is 0 Å². The Labute approximate surface area is 118 Å². The summed E-state index contributed by atoms with van der Waals surface area (Å²) in [5.41, 5.74) is 5.85. The van der Waals surface area contributed by atoms with Crippen LogP contribution in [0.3, 0.4) is 0 Å². The third-order valence-corrected chi connectivity index (χ3v) is 4.15. The molecule has 19 heavy (non-hydrogen) atoms. The van der Waals surface area contributed by atoms with E-state index in [1.165, 1.54) is 25.7 Å². The molecule has 4 heteroatoms. The smallest absolute Gasteiger partial charge is 0.0805 e. The molecule has 1 rings (SSSR count). The van der Waals surface area contributed by atoms with Gasteiger partial charge in [-0.1, -0.05) is 19.8 Å². The van der Waals surface area contributed by atoms with E-state index in [0.29, 0.717) is 33.0 Å². The van der Waals surface area contributed by atoms with E-state index in [0.717, 1.165) is 18.8 Å². The zero-order valence-corrected chi connectivity index (χ0v) is 12.7. The van der Waals surface area contributed by atoms with Crippen LogP contribution in [0.4, 0.5) is 0 Å². The lowest BCUT2D eigenvalue weighted by molar-refractivity contribution is -0.0906. The molecule has 0 radical (unpaired) electrons. The standard InChI is InChI=1S/C15H31NO3/c1-3-4-14-5-7-15(13-16,8-6-14)19-12-11-18-10-9-17-2/h14H,3-13,16H2,1-2H3. The van der Waals surface area contributed by atoms with Gasteiger partial charge in [-0.3, -0.25) is 0 Å². The van der Waals surface area contributed by atoms with E-state index in [9.17, 15) is 0 Å². The van der Waals surface area contributed by atoms with Crippen LogP contribution in [0, 0.1) is 5.92 Å². The summed E-state index contributed by atoms with van der Waals surface area (Å²) in [7, 11) is 1.68. The number of ether oxygens (including phenoxy) is 3. The lowest BCUT2D eigenvalue weighted by Gasteiger charge is -2.39. The minimum Gasteiger partial charge on any atom is -0.382 e. The van der Waals surface area contributed by atoms with Crippen LogP contribution >= 0.6 is 0 Å². The molecule has 1 saturated carbocycles. The molecular formula is C15H31NO3. The van der Waals surface area contributed by atoms with Crippen molar-refractivity contribution in [2.24, 2.45) is 11.7 Å². The molecule has 0 aliphatic heterocycles. The van der Waals surface area contributed by atoms with Gasteiger partial charge in [0.2, 0.25) is 0 Å². The largest absolute Gasteiger partial charge is 0.382 e. The zero-order chi connectivity index (χ0) is 14.0. The fourth-order valence-electron chi connectivity index (χ4n) is 2.87. The Balaban J connectivity index is 2.18. The first-order valence-electron chi connectivity index (χ1n) is 7.67. The van der Waals surface area contributed by atoms with E-state index in [-0.39, 0.29) is 5.60 Å². The van der Waals surface area contributed by atoms with Crippen LogP contribution < -0.4 is 5.73 Å². The predicted octanol–water partition coefficient (Wildman–Crippen LogP) is 2.35. The number of hydrogen-bond acceptors (Lipinski definition) is 4. The van der Waals surface area contributed by atoms with E-state index in [1.54, 1.807) is 7.11 Å². The Bertz CT molecular complexity index is 215. The van der Waals surface area contributed by atoms with Crippen molar-refractivity contribution in [3.8, 4) is 0 Å². The fourth-order valence-corrected chi connectivity index (χ4v) is 2.87. The molecule has 2 N–H and O–H groups in total. The SMILES string of the molecule is CCCC1CCC(CN)(OCCOCCOC)CC1. The van der Waals surface area contributed by atoms with E-state index in [2.05, 4.69) is 6.92 Å². The maximum Gasteiger partial charge on any atom is 0.0805 e. The fraction of sp³-hybridized carbons (Fsp3) is 1.00. The normalized spacial score (nSPS) is 27.6. The van der Waals surface area contributed by atoms with E-state index in [1.807, 2.05) is 0 Å². The second kappa shape index (κ2) is 9.70. The van der Waals surface area contributed by atoms with Crippen LogP contribution in [-0.2, 0) is 14.2 Å². The predicted molar refractivity (Wildman–Crippen MR) is 77.3 cm³/mol. The average Bonchev–Trinajstić information content (AvgIpc) is 2.45. The first-order chi connectivity index (χ1) is 9.26. The Kier molecular flexibility index (Phi) is 8.62. The highest BCUT2D eigenvalue weighted by molar-refractivity contribution is 4.88. The zero-order valence-electron chi connectivity index (χ0n) is 12.7. The molecule has 0 aromatic rings. The molecule has 0 unspecified atom stereocenters. The Morgan fingerprint density at radius 3 is 2.37 bits per heavy atom. The Morgan fingerprint density at radius 1 is 1.11 bits per heavy atom. The van der Waals surface area contributed by atoms with Crippen molar-refractivity contribution < 1.29 is 14.2 Å². The van der Waals surface area contributed by atoms with Crippen LogP contribution in [0.1, 0.15) is 45.4 Å². The summed E-state index contributed by atoms with van der Waals surface area (Å²) in [4.78, 5) is 0. The van der Waals surface area contributed by atoms with Gasteiger partial charge >= 0.3 is 0 Å². The lowest BCUT2D eigenvalue weighted by Crippen LogP contribution is -2.44. The third kappa shape index (κ3) is 6.21. The molecule has 1 fully saturated rings. The second-order valence-corrected chi connectivity index (χ2v) is 5.57. The van der Waals surface area contributed by atoms with Gasteiger partial charge in [-0.2, -0.15) is 0 Å². The summed E-state index contributed by atoms with van der Waals surface area (Å²) in [6.07, 6.45) is 7.36. The highest BCUT2D eigenvalue weighted by Crippen LogP contribution is 2.36. The van der Waals surface area contributed by atoms with Crippen LogP contribution in [-0.4, -0.2) is 45.7 Å². The summed E-state index contributed by atoms with van der Waals surface area (Å²) in [5.74, 6) is 0.881. The van der Waals surface area contributed by atoms with Gasteiger partial charge in [0, 0.05) is 13.7 Å². The monoisotopic (exact) mass is 273 g/mol. The first kappa shape index (κ1) is 16.9. The molecule has 0 aromatic heterocycles. The Morgan fingerprint density at radius 2 is 1.79 bits per heavy atom. The van der Waals surface area contributed by atoms with Crippen LogP contribution in [0.5, 0.6) is 0 Å². The summed E-state index contributed by atoms with van der Waals surface area (Å²) < 4.78 is 16.4. The highest BCUT2D eigenvalue weighted by Gasteiger charge is 2.34. The summed E-state index contributed by atoms with van der Waals surface area (Å²) in [5, 5.41) is 0. The quantitative estimate of drug-likeness (QED) is 0.621. The van der Waals surface area contributed by atoms with Crippen molar-refractivity contribution in [2.45, 2.75) is 51.0 Å². The summed E-state index contributed by atoms with van der Waals surface area (Å²) in [6.45, 7) is 5.43. The maximum absolute atomic E-state index is 6.04. The molecule has 1 aliphatic carbocycles. The van der Waals surface area contributed by atoms with Crippen LogP contribution in [0.15, 0.2) is 0 Å². The van der Waals surface area contributed by atoms with Crippen molar-refractivity contribution in [1.29, 1.82) is 0 Å². The minimum absolute atomic E-state index is 0.0884. The molecule has 0 atom stereocenters. The van der Waals surface area contributed by atoms with Gasteiger partial charge in [0.25, 0.3) is 0 Å². The van der Waals surface area contributed by atoms with Crippen molar-refractivity contribution in [2.75, 3.05) is 40.1 Å². The van der Waals surface area contributed by atoms with Crippen molar-refractivity contribution in [3.63, 3.8) is 0 Å². The highest BCUT2D eigenvalue weighted by atomic mass is 16.5. The second-order valence-electron chi connectivity index (χ2n) is 5.57. The molecular weight excluding hydrogens is 242 g/mol. The maximum atomic E-state index is 6.04. The van der Waals surface area contributed by atoms with Gasteiger partial charge in [0.15, 0.2) is 0 Å². The number of hydrogen-bond donors (Lipinski definition) is 1. The molecule has 0 amide bonds. The van der Waals surface area contributed by atoms with Gasteiger partial charge in [0.05, 0.1) is 32.0 Å². The van der Waals surface area contributed by atoms with Gasteiger partial charge in [-0.05, 0) is 31.6 Å². The van der Waals surface area contributed by atoms with E-state index in [4.69, 9.17) is 19.9 Å². The molecule has 0 saturated heterocycles. The lowest BCUT2D eigenvalue weighted by atomic mass is 9.77. The van der Waals surface area contributed by atoms with Crippen molar-refractivity contribution in [1.82, 2.24) is 0 Å². The van der Waals surface area contributed by atoms with Gasteiger partial charge in [-0.15, -0.1) is 0 Å². The molecule has 0 aromatic carbocycles. The topological polar surface area (TPSA) is 53.7 Å². The first-order valence-corrected chi connectivity index (χ1v) is 7.67. The van der Waals surface area contributed by atoms with Gasteiger partial charge < -0.3 is 19.9 Å². The molecule has 1 aliphatic rings. The van der Waals surface area contributed by atoms with Crippen molar-refractivity contribution >= 4 is 0 Å². The molecule has 0 bridgehead atoms. The van der Waals surface area contributed by atoms with Crippen LogP contribution in [0.2, 0.25) is 0 Å². The van der Waals surface area contributed by atoms with Gasteiger partial charge in [-0.25, -0.2) is 0 Å². The van der Waals surface area contributed by atoms with Crippen LogP contribution in [0.25, 0.3) is 0 Å². The molecule has 114 valence electrons. The van der Waals surface area contributed by atoms with Gasteiger partial charge in [0.1, 0.15) is 0 Å². The summed E-state index contributed by atoms with van der Waals surface area (Å²) >= 11 is 0. The average molecular weight is 273 g/mol. The number of rotatable bonds is 10. The van der Waals surface area contributed by atoms with Crippen molar-refractivity contribution in [3.05, 3.63) is 0 Å². The molecule has 0 spiro atoms. The summed E-state index contributed by atoms with van der Waals surface area (Å²) in [6, 6.07) is 0. The number of methoxy groups -OCH3 is 1. The molecule has 0 heterocycles. The van der Waals surface area contributed by atoms with E-state index < -0.39 is 0 Å². The number of nitrogens with two attached hydrogens (primary N) is 1. The minimum atomic E-state index is -0.0884.